The molecule has 23 heavy (non-hydrogen) atoms. The van der Waals surface area contributed by atoms with Gasteiger partial charge < -0.3 is 10.1 Å². The van der Waals surface area contributed by atoms with E-state index in [1.807, 2.05) is 19.1 Å². The summed E-state index contributed by atoms with van der Waals surface area (Å²) in [6.45, 7) is 2.46. The van der Waals surface area contributed by atoms with Crippen LogP contribution >= 0.6 is 22.9 Å². The molecular formula is C17H19ClN2O2S. The molecule has 0 saturated carbocycles. The number of nitrogens with one attached hydrogen (secondary N) is 1. The first-order valence-electron chi connectivity index (χ1n) is 7.79. The number of fused-ring (bicyclic) bond motifs is 1. The van der Waals surface area contributed by atoms with E-state index in [0.29, 0.717) is 24.5 Å². The van der Waals surface area contributed by atoms with Crippen LogP contribution in [0.4, 0.5) is 5.13 Å². The molecule has 0 bridgehead atoms. The van der Waals surface area contributed by atoms with Crippen LogP contribution in [-0.2, 0) is 17.6 Å². The van der Waals surface area contributed by atoms with E-state index in [1.54, 1.807) is 17.4 Å². The summed E-state index contributed by atoms with van der Waals surface area (Å²) in [4.78, 5) is 17.7. The number of carbonyl (C=O) groups excluding carboxylic acids is 1. The lowest BCUT2D eigenvalue weighted by Crippen LogP contribution is -2.12. The molecule has 2 aromatic rings. The predicted octanol–water partition coefficient (Wildman–Crippen LogP) is 4.39. The number of halogens is 1. The first-order valence-corrected chi connectivity index (χ1v) is 8.98. The molecule has 122 valence electrons. The van der Waals surface area contributed by atoms with Gasteiger partial charge in [-0.05, 0) is 56.4 Å². The van der Waals surface area contributed by atoms with Gasteiger partial charge >= 0.3 is 0 Å². The molecule has 0 saturated heterocycles. The minimum Gasteiger partial charge on any atom is -0.493 e. The first-order chi connectivity index (χ1) is 11.1. The highest BCUT2D eigenvalue weighted by molar-refractivity contribution is 7.15. The number of aryl methyl sites for hydroxylation is 3. The highest BCUT2D eigenvalue weighted by Crippen LogP contribution is 2.30. The average molecular weight is 351 g/mol. The highest BCUT2D eigenvalue weighted by atomic mass is 35.5. The van der Waals surface area contributed by atoms with Crippen molar-refractivity contribution in [2.24, 2.45) is 0 Å². The molecule has 1 aromatic carbocycles. The Bertz CT molecular complexity index is 693. The van der Waals surface area contributed by atoms with Crippen molar-refractivity contribution in [3.05, 3.63) is 39.4 Å². The molecule has 1 aliphatic rings. The van der Waals surface area contributed by atoms with Crippen molar-refractivity contribution in [1.82, 2.24) is 4.98 Å². The van der Waals surface area contributed by atoms with E-state index in [-0.39, 0.29) is 5.91 Å². The van der Waals surface area contributed by atoms with E-state index in [0.717, 1.165) is 35.0 Å². The first kappa shape index (κ1) is 16.3. The molecule has 0 atom stereocenters. The molecule has 0 fully saturated rings. The molecule has 1 aromatic heterocycles. The van der Waals surface area contributed by atoms with Gasteiger partial charge in [-0.15, -0.1) is 11.3 Å². The summed E-state index contributed by atoms with van der Waals surface area (Å²) in [5.74, 6) is 0.806. The van der Waals surface area contributed by atoms with Gasteiger partial charge in [0, 0.05) is 16.3 Å². The van der Waals surface area contributed by atoms with Crippen molar-refractivity contribution in [3.8, 4) is 5.75 Å². The number of amides is 1. The number of anilines is 1. The van der Waals surface area contributed by atoms with E-state index in [2.05, 4.69) is 10.3 Å². The van der Waals surface area contributed by atoms with Crippen LogP contribution in [0.3, 0.4) is 0 Å². The van der Waals surface area contributed by atoms with Gasteiger partial charge in [-0.2, -0.15) is 0 Å². The number of nitrogens with zero attached hydrogens (tertiary/aromatic N) is 1. The fourth-order valence-corrected chi connectivity index (χ4v) is 3.91. The molecule has 0 unspecified atom stereocenters. The third kappa shape index (κ3) is 4.24. The largest absolute Gasteiger partial charge is 0.493 e. The number of aromatic nitrogens is 1. The predicted molar refractivity (Wildman–Crippen MR) is 93.7 cm³/mol. The van der Waals surface area contributed by atoms with Crippen molar-refractivity contribution in [2.45, 2.75) is 39.0 Å². The van der Waals surface area contributed by atoms with Crippen LogP contribution in [-0.4, -0.2) is 17.5 Å². The third-order valence-corrected chi connectivity index (χ3v) is 5.09. The second-order valence-corrected chi connectivity index (χ2v) is 7.17. The Balaban J connectivity index is 1.40. The van der Waals surface area contributed by atoms with Gasteiger partial charge in [-0.1, -0.05) is 11.6 Å². The monoisotopic (exact) mass is 350 g/mol. The Morgan fingerprint density at radius 2 is 2.30 bits per heavy atom. The minimum absolute atomic E-state index is 0.00569. The molecule has 3 rings (SSSR count). The van der Waals surface area contributed by atoms with Crippen LogP contribution in [0.2, 0.25) is 5.02 Å². The van der Waals surface area contributed by atoms with E-state index >= 15 is 0 Å². The Hall–Kier alpha value is -1.59. The lowest BCUT2D eigenvalue weighted by Gasteiger charge is -2.09. The normalized spacial score (nSPS) is 13.0. The van der Waals surface area contributed by atoms with Gasteiger partial charge in [-0.3, -0.25) is 4.79 Å². The topological polar surface area (TPSA) is 51.2 Å². The maximum Gasteiger partial charge on any atom is 0.226 e. The number of ether oxygens (including phenoxy) is 1. The molecule has 1 N–H and O–H groups in total. The van der Waals surface area contributed by atoms with Gasteiger partial charge in [0.1, 0.15) is 5.75 Å². The standard InChI is InChI=1S/C17H19ClN2O2S/c1-11-10-12(18)7-8-14(11)22-9-3-6-16(21)20-17-19-13-4-2-5-15(13)23-17/h7-8,10H,2-6,9H2,1H3,(H,19,20,21). The summed E-state index contributed by atoms with van der Waals surface area (Å²) < 4.78 is 5.69. The minimum atomic E-state index is -0.00569. The summed E-state index contributed by atoms with van der Waals surface area (Å²) in [6, 6.07) is 5.53. The van der Waals surface area contributed by atoms with Crippen LogP contribution in [0.1, 0.15) is 35.4 Å². The van der Waals surface area contributed by atoms with Gasteiger partial charge in [-0.25, -0.2) is 4.98 Å². The van der Waals surface area contributed by atoms with E-state index in [9.17, 15) is 4.79 Å². The summed E-state index contributed by atoms with van der Waals surface area (Å²) in [5.41, 5.74) is 2.16. The number of hydrogen-bond acceptors (Lipinski definition) is 4. The molecular weight excluding hydrogens is 332 g/mol. The average Bonchev–Trinajstić information content (AvgIpc) is 3.06. The van der Waals surface area contributed by atoms with Crippen LogP contribution in [0.15, 0.2) is 18.2 Å². The number of thiazole rings is 1. The molecule has 6 heteroatoms. The molecule has 1 amide bonds. The van der Waals surface area contributed by atoms with Gasteiger partial charge in [0.15, 0.2) is 5.13 Å². The Morgan fingerprint density at radius 1 is 1.43 bits per heavy atom. The lowest BCUT2D eigenvalue weighted by molar-refractivity contribution is -0.116. The number of carbonyl (C=O) groups is 1. The van der Waals surface area contributed by atoms with Crippen molar-refractivity contribution in [3.63, 3.8) is 0 Å². The van der Waals surface area contributed by atoms with Crippen molar-refractivity contribution < 1.29 is 9.53 Å². The smallest absolute Gasteiger partial charge is 0.226 e. The van der Waals surface area contributed by atoms with Crippen LogP contribution in [0, 0.1) is 6.92 Å². The van der Waals surface area contributed by atoms with Gasteiger partial charge in [0.05, 0.1) is 12.3 Å². The number of hydrogen-bond donors (Lipinski definition) is 1. The Kier molecular flexibility index (Phi) is 5.18. The molecule has 0 spiro atoms. The molecule has 0 radical (unpaired) electrons. The highest BCUT2D eigenvalue weighted by Gasteiger charge is 2.17. The maximum atomic E-state index is 11.9. The van der Waals surface area contributed by atoms with Gasteiger partial charge in [0.2, 0.25) is 5.91 Å². The van der Waals surface area contributed by atoms with E-state index in [4.69, 9.17) is 16.3 Å². The fourth-order valence-electron chi connectivity index (χ4n) is 2.62. The summed E-state index contributed by atoms with van der Waals surface area (Å²) in [6.07, 6.45) is 4.41. The Morgan fingerprint density at radius 3 is 3.09 bits per heavy atom. The molecule has 1 heterocycles. The second kappa shape index (κ2) is 7.32. The summed E-state index contributed by atoms with van der Waals surface area (Å²) in [7, 11) is 0. The van der Waals surface area contributed by atoms with E-state index in [1.165, 1.54) is 11.3 Å². The molecule has 1 aliphatic carbocycles. The quantitative estimate of drug-likeness (QED) is 0.786. The zero-order valence-corrected chi connectivity index (χ0v) is 14.6. The maximum absolute atomic E-state index is 11.9. The van der Waals surface area contributed by atoms with Crippen LogP contribution in [0.5, 0.6) is 5.75 Å². The SMILES string of the molecule is Cc1cc(Cl)ccc1OCCCC(=O)Nc1nc2c(s1)CCC2. The fraction of sp³-hybridized carbons (Fsp3) is 0.412. The lowest BCUT2D eigenvalue weighted by atomic mass is 10.2. The van der Waals surface area contributed by atoms with Crippen LogP contribution in [0.25, 0.3) is 0 Å². The summed E-state index contributed by atoms with van der Waals surface area (Å²) in [5, 5.41) is 4.31. The number of benzene rings is 1. The zero-order chi connectivity index (χ0) is 16.2. The number of rotatable bonds is 6. The summed E-state index contributed by atoms with van der Waals surface area (Å²) >= 11 is 7.51. The van der Waals surface area contributed by atoms with Crippen molar-refractivity contribution >= 4 is 34.0 Å². The third-order valence-electron chi connectivity index (χ3n) is 3.78. The van der Waals surface area contributed by atoms with Crippen molar-refractivity contribution in [2.75, 3.05) is 11.9 Å². The van der Waals surface area contributed by atoms with Gasteiger partial charge in [0.25, 0.3) is 0 Å². The van der Waals surface area contributed by atoms with Crippen molar-refractivity contribution in [1.29, 1.82) is 0 Å². The van der Waals surface area contributed by atoms with E-state index < -0.39 is 0 Å². The van der Waals surface area contributed by atoms with Crippen LogP contribution < -0.4 is 10.1 Å². The molecule has 0 aliphatic heterocycles. The Labute approximate surface area is 144 Å². The second-order valence-electron chi connectivity index (χ2n) is 5.65. The molecule has 4 nitrogen and oxygen atoms in total. The zero-order valence-electron chi connectivity index (χ0n) is 13.0.